The molecule has 5 N–H and O–H groups in total. The van der Waals surface area contributed by atoms with Gasteiger partial charge in [-0.15, -0.1) is 0 Å². The maximum absolute atomic E-state index is 12.7. The van der Waals surface area contributed by atoms with Crippen LogP contribution in [-0.4, -0.2) is 29.6 Å². The summed E-state index contributed by atoms with van der Waals surface area (Å²) >= 11 is 0. The van der Waals surface area contributed by atoms with E-state index < -0.39 is 23.6 Å². The number of ether oxygens (including phenoxy) is 1. The van der Waals surface area contributed by atoms with Gasteiger partial charge in [0, 0.05) is 19.4 Å². The Labute approximate surface area is 188 Å². The van der Waals surface area contributed by atoms with Crippen LogP contribution in [0.5, 0.6) is 0 Å². The fraction of sp³-hybridized carbons (Fsp3) is 0.375. The van der Waals surface area contributed by atoms with Crippen LogP contribution >= 0.6 is 0 Å². The Morgan fingerprint density at radius 1 is 0.906 bits per heavy atom. The van der Waals surface area contributed by atoms with Gasteiger partial charge in [0.2, 0.25) is 5.91 Å². The lowest BCUT2D eigenvalue weighted by Crippen LogP contribution is -2.53. The second kappa shape index (κ2) is 11.9. The van der Waals surface area contributed by atoms with Gasteiger partial charge in [0.15, 0.2) is 0 Å². The van der Waals surface area contributed by atoms with Crippen molar-refractivity contribution in [3.63, 3.8) is 0 Å². The predicted octanol–water partition coefficient (Wildman–Crippen LogP) is 2.36. The zero-order valence-corrected chi connectivity index (χ0v) is 18.8. The van der Waals surface area contributed by atoms with Crippen molar-refractivity contribution in [2.45, 2.75) is 58.2 Å². The van der Waals surface area contributed by atoms with Crippen molar-refractivity contribution >= 4 is 17.9 Å². The Morgan fingerprint density at radius 2 is 1.53 bits per heavy atom. The van der Waals surface area contributed by atoms with Crippen molar-refractivity contribution in [2.24, 2.45) is 5.73 Å². The summed E-state index contributed by atoms with van der Waals surface area (Å²) < 4.78 is 5.26. The topological polar surface area (TPSA) is 123 Å². The van der Waals surface area contributed by atoms with Crippen molar-refractivity contribution < 1.29 is 19.1 Å². The van der Waals surface area contributed by atoms with Crippen molar-refractivity contribution in [3.8, 4) is 0 Å². The summed E-state index contributed by atoms with van der Waals surface area (Å²) in [6, 6.07) is 16.0. The van der Waals surface area contributed by atoms with Crippen LogP contribution in [0, 0.1) is 0 Å². The zero-order chi connectivity index (χ0) is 23.6. The molecule has 0 saturated carbocycles. The van der Waals surface area contributed by atoms with Crippen LogP contribution in [0.15, 0.2) is 54.6 Å². The molecule has 1 unspecified atom stereocenters. The first-order valence-corrected chi connectivity index (χ1v) is 10.6. The fourth-order valence-electron chi connectivity index (χ4n) is 2.89. The molecule has 0 aliphatic heterocycles. The van der Waals surface area contributed by atoms with Gasteiger partial charge in [0.05, 0.1) is 0 Å². The monoisotopic (exact) mass is 440 g/mol. The van der Waals surface area contributed by atoms with Crippen molar-refractivity contribution in [3.05, 3.63) is 71.3 Å². The van der Waals surface area contributed by atoms with E-state index >= 15 is 0 Å². The second-order valence-electron chi connectivity index (χ2n) is 8.45. The average molecular weight is 441 g/mol. The molecule has 0 saturated heterocycles. The number of hydrazine groups is 1. The summed E-state index contributed by atoms with van der Waals surface area (Å²) in [6.07, 6.45) is 0.261. The number of alkyl carbamates (subject to hydrolysis) is 1. The number of nitrogens with one attached hydrogen (secondary N) is 3. The van der Waals surface area contributed by atoms with E-state index in [1.807, 2.05) is 54.6 Å². The minimum atomic E-state index is -0.920. The molecule has 0 fully saturated rings. The fourth-order valence-corrected chi connectivity index (χ4v) is 2.89. The van der Waals surface area contributed by atoms with Crippen molar-refractivity contribution in [1.82, 2.24) is 16.2 Å². The Morgan fingerprint density at radius 3 is 2.12 bits per heavy atom. The third-order valence-corrected chi connectivity index (χ3v) is 4.51. The first kappa shape index (κ1) is 24.9. The van der Waals surface area contributed by atoms with E-state index in [-0.39, 0.29) is 18.7 Å². The summed E-state index contributed by atoms with van der Waals surface area (Å²) in [6.45, 7) is 5.68. The first-order valence-electron chi connectivity index (χ1n) is 10.6. The molecule has 3 amide bonds. The molecule has 2 aromatic rings. The molecule has 0 radical (unpaired) electrons. The highest BCUT2D eigenvalue weighted by molar-refractivity contribution is 5.88. The van der Waals surface area contributed by atoms with Gasteiger partial charge in [-0.1, -0.05) is 54.6 Å². The maximum Gasteiger partial charge on any atom is 0.408 e. The normalized spacial score (nSPS) is 11.9. The highest BCUT2D eigenvalue weighted by Gasteiger charge is 2.25. The third-order valence-electron chi connectivity index (χ3n) is 4.51. The number of hydrogen-bond acceptors (Lipinski definition) is 5. The lowest BCUT2D eigenvalue weighted by Gasteiger charge is -2.23. The summed E-state index contributed by atoms with van der Waals surface area (Å²) in [7, 11) is 0. The quantitative estimate of drug-likeness (QED) is 0.470. The number of nitrogens with two attached hydrogens (primary N) is 1. The lowest BCUT2D eigenvalue weighted by molar-refractivity contribution is -0.130. The largest absolute Gasteiger partial charge is 0.444 e. The second-order valence-corrected chi connectivity index (χ2v) is 8.45. The molecule has 1 atom stereocenters. The molecular formula is C24H32N4O4. The van der Waals surface area contributed by atoms with Crippen LogP contribution in [0.4, 0.5) is 4.79 Å². The van der Waals surface area contributed by atoms with Crippen molar-refractivity contribution in [1.29, 1.82) is 0 Å². The molecule has 0 aliphatic carbocycles. The number of rotatable bonds is 8. The van der Waals surface area contributed by atoms with E-state index in [2.05, 4.69) is 16.2 Å². The summed E-state index contributed by atoms with van der Waals surface area (Å²) in [5.41, 5.74) is 12.6. The molecule has 0 bridgehead atoms. The minimum absolute atomic E-state index is 0.200. The zero-order valence-electron chi connectivity index (χ0n) is 18.8. The van der Waals surface area contributed by atoms with Crippen LogP contribution in [0.25, 0.3) is 0 Å². The van der Waals surface area contributed by atoms with Crippen LogP contribution in [-0.2, 0) is 33.7 Å². The molecule has 172 valence electrons. The molecule has 2 rings (SSSR count). The minimum Gasteiger partial charge on any atom is -0.444 e. The van der Waals surface area contributed by atoms with Crippen LogP contribution in [0.3, 0.4) is 0 Å². The molecular weight excluding hydrogens is 408 g/mol. The molecule has 8 heteroatoms. The predicted molar refractivity (Wildman–Crippen MR) is 122 cm³/mol. The summed E-state index contributed by atoms with van der Waals surface area (Å²) in [5, 5.41) is 2.58. The van der Waals surface area contributed by atoms with Crippen molar-refractivity contribution in [2.75, 3.05) is 0 Å². The molecule has 0 aliphatic rings. The molecule has 2 aromatic carbocycles. The number of carbonyl (C=O) groups is 3. The van der Waals surface area contributed by atoms with Gasteiger partial charge < -0.3 is 15.8 Å². The number of benzene rings is 2. The number of amides is 3. The van der Waals surface area contributed by atoms with Crippen LogP contribution < -0.4 is 21.9 Å². The third kappa shape index (κ3) is 9.18. The first-order chi connectivity index (χ1) is 15.2. The van der Waals surface area contributed by atoms with Crippen LogP contribution in [0.2, 0.25) is 0 Å². The van der Waals surface area contributed by atoms with Gasteiger partial charge in [-0.2, -0.15) is 0 Å². The van der Waals surface area contributed by atoms with Gasteiger partial charge in [-0.05, 0) is 43.9 Å². The van der Waals surface area contributed by atoms with E-state index in [0.717, 1.165) is 16.7 Å². The summed E-state index contributed by atoms with van der Waals surface area (Å²) in [4.78, 5) is 37.1. The van der Waals surface area contributed by atoms with Gasteiger partial charge >= 0.3 is 6.09 Å². The Bertz CT molecular complexity index is 892. The average Bonchev–Trinajstić information content (AvgIpc) is 2.75. The maximum atomic E-state index is 12.7. The lowest BCUT2D eigenvalue weighted by atomic mass is 10.1. The standard InChI is InChI=1S/C24H32N4O4/c1-24(2,3)32-23(31)26-20(15-18-7-5-4-6-8-18)22(30)28-27-21(29)14-13-17-9-11-19(16-25)12-10-17/h4-12,20H,13-16,25H2,1-3H3,(H,26,31)(H,27,29)(H,28,30). The summed E-state index contributed by atoms with van der Waals surface area (Å²) in [5.74, 6) is -0.877. The molecule has 0 spiro atoms. The molecule has 32 heavy (non-hydrogen) atoms. The number of carbonyl (C=O) groups excluding carboxylic acids is 3. The smallest absolute Gasteiger partial charge is 0.408 e. The molecule has 0 heterocycles. The molecule has 0 aromatic heterocycles. The van der Waals surface area contributed by atoms with Gasteiger partial charge in [-0.25, -0.2) is 4.79 Å². The Balaban J connectivity index is 1.90. The molecule has 8 nitrogen and oxygen atoms in total. The van der Waals surface area contributed by atoms with Gasteiger partial charge in [-0.3, -0.25) is 20.4 Å². The van der Waals surface area contributed by atoms with E-state index in [1.54, 1.807) is 20.8 Å². The van der Waals surface area contributed by atoms with E-state index in [9.17, 15) is 14.4 Å². The highest BCUT2D eigenvalue weighted by atomic mass is 16.6. The van der Waals surface area contributed by atoms with E-state index in [4.69, 9.17) is 10.5 Å². The Hall–Kier alpha value is -3.39. The highest BCUT2D eigenvalue weighted by Crippen LogP contribution is 2.09. The van der Waals surface area contributed by atoms with E-state index in [1.165, 1.54) is 0 Å². The van der Waals surface area contributed by atoms with Gasteiger partial charge in [0.25, 0.3) is 5.91 Å². The van der Waals surface area contributed by atoms with Crippen LogP contribution in [0.1, 0.15) is 43.9 Å². The van der Waals surface area contributed by atoms with E-state index in [0.29, 0.717) is 13.0 Å². The Kier molecular flexibility index (Phi) is 9.22. The number of aryl methyl sites for hydroxylation is 1. The van der Waals surface area contributed by atoms with Gasteiger partial charge in [0.1, 0.15) is 11.6 Å². The SMILES string of the molecule is CC(C)(C)OC(=O)NC(Cc1ccccc1)C(=O)NNC(=O)CCc1ccc(CN)cc1. The number of hydrogen-bond donors (Lipinski definition) is 4.